The molecule has 0 fully saturated rings. The lowest BCUT2D eigenvalue weighted by atomic mass is 10.4. The quantitative estimate of drug-likeness (QED) is 0.700. The van der Waals surface area contributed by atoms with Crippen molar-refractivity contribution in [1.29, 1.82) is 0 Å². The summed E-state index contributed by atoms with van der Waals surface area (Å²) >= 11 is 0. The molecule has 0 aliphatic heterocycles. The molecule has 7 nitrogen and oxygen atoms in total. The number of rotatable bonds is 6. The van der Waals surface area contributed by atoms with Gasteiger partial charge in [0, 0.05) is 6.54 Å². The molecular formula is C12H17N3O4. The standard InChI is InChI=1S/C12H17N3O4/c1-4-15(8-11(16)19-5-2)10-7-13-6-9(14-10)12(17)18-3/h6-7H,4-5,8H2,1-3H3. The minimum atomic E-state index is -0.568. The highest BCUT2D eigenvalue weighted by Gasteiger charge is 2.15. The summed E-state index contributed by atoms with van der Waals surface area (Å²) in [5.41, 5.74) is 0.0994. The smallest absolute Gasteiger partial charge is 0.358 e. The molecule has 0 unspecified atom stereocenters. The summed E-state index contributed by atoms with van der Waals surface area (Å²) < 4.78 is 9.45. The first-order valence-electron chi connectivity index (χ1n) is 5.93. The minimum Gasteiger partial charge on any atom is -0.465 e. The van der Waals surface area contributed by atoms with Crippen molar-refractivity contribution in [3.05, 3.63) is 18.1 Å². The molecule has 0 atom stereocenters. The van der Waals surface area contributed by atoms with E-state index in [1.165, 1.54) is 19.5 Å². The van der Waals surface area contributed by atoms with Gasteiger partial charge in [-0.25, -0.2) is 9.78 Å². The first kappa shape index (κ1) is 14.9. The average Bonchev–Trinajstić information content (AvgIpc) is 2.44. The van der Waals surface area contributed by atoms with Crippen LogP contribution in [0.15, 0.2) is 12.4 Å². The fraction of sp³-hybridized carbons (Fsp3) is 0.500. The van der Waals surface area contributed by atoms with E-state index in [-0.39, 0.29) is 18.2 Å². The van der Waals surface area contributed by atoms with Crippen LogP contribution >= 0.6 is 0 Å². The van der Waals surface area contributed by atoms with E-state index in [1.807, 2.05) is 6.92 Å². The topological polar surface area (TPSA) is 81.6 Å². The van der Waals surface area contributed by atoms with E-state index in [4.69, 9.17) is 4.74 Å². The Labute approximate surface area is 111 Å². The van der Waals surface area contributed by atoms with Crippen LogP contribution in [-0.2, 0) is 14.3 Å². The Morgan fingerprint density at radius 3 is 2.63 bits per heavy atom. The van der Waals surface area contributed by atoms with E-state index in [1.54, 1.807) is 11.8 Å². The Morgan fingerprint density at radius 2 is 2.05 bits per heavy atom. The first-order chi connectivity index (χ1) is 9.12. The van der Waals surface area contributed by atoms with Crippen LogP contribution in [0.2, 0.25) is 0 Å². The van der Waals surface area contributed by atoms with Crippen LogP contribution < -0.4 is 4.90 Å². The predicted octanol–water partition coefficient (Wildman–Crippen LogP) is 0.653. The lowest BCUT2D eigenvalue weighted by molar-refractivity contribution is -0.141. The molecule has 19 heavy (non-hydrogen) atoms. The Kier molecular flexibility index (Phi) is 5.72. The van der Waals surface area contributed by atoms with Gasteiger partial charge in [0.25, 0.3) is 0 Å². The van der Waals surface area contributed by atoms with Gasteiger partial charge < -0.3 is 14.4 Å². The molecule has 0 bridgehead atoms. The Bertz CT molecular complexity index is 450. The van der Waals surface area contributed by atoms with Crippen molar-refractivity contribution < 1.29 is 19.1 Å². The average molecular weight is 267 g/mol. The maximum Gasteiger partial charge on any atom is 0.358 e. The van der Waals surface area contributed by atoms with E-state index in [0.717, 1.165) is 0 Å². The molecule has 0 N–H and O–H groups in total. The van der Waals surface area contributed by atoms with Crippen molar-refractivity contribution >= 4 is 17.8 Å². The van der Waals surface area contributed by atoms with Crippen LogP contribution in [0.25, 0.3) is 0 Å². The number of hydrogen-bond donors (Lipinski definition) is 0. The SMILES string of the molecule is CCOC(=O)CN(CC)c1cncc(C(=O)OC)n1. The third kappa shape index (κ3) is 4.20. The summed E-state index contributed by atoms with van der Waals surface area (Å²) in [6.45, 7) is 4.53. The zero-order valence-electron chi connectivity index (χ0n) is 11.3. The molecule has 0 saturated carbocycles. The van der Waals surface area contributed by atoms with Gasteiger partial charge in [0.15, 0.2) is 5.69 Å². The highest BCUT2D eigenvalue weighted by atomic mass is 16.5. The molecule has 0 aromatic carbocycles. The highest BCUT2D eigenvalue weighted by Crippen LogP contribution is 2.10. The number of anilines is 1. The lowest BCUT2D eigenvalue weighted by Crippen LogP contribution is -2.32. The van der Waals surface area contributed by atoms with Gasteiger partial charge in [-0.15, -0.1) is 0 Å². The van der Waals surface area contributed by atoms with Crippen molar-refractivity contribution in [2.75, 3.05) is 31.7 Å². The fourth-order valence-corrected chi connectivity index (χ4v) is 1.43. The van der Waals surface area contributed by atoms with Gasteiger partial charge in [0.1, 0.15) is 12.4 Å². The van der Waals surface area contributed by atoms with Crippen molar-refractivity contribution in [3.8, 4) is 0 Å². The molecular weight excluding hydrogens is 250 g/mol. The van der Waals surface area contributed by atoms with Crippen LogP contribution in [0, 0.1) is 0 Å². The van der Waals surface area contributed by atoms with E-state index in [2.05, 4.69) is 14.7 Å². The summed E-state index contributed by atoms with van der Waals surface area (Å²) in [7, 11) is 1.27. The molecule has 1 rings (SSSR count). The van der Waals surface area contributed by atoms with E-state index in [9.17, 15) is 9.59 Å². The third-order valence-corrected chi connectivity index (χ3v) is 2.35. The molecule has 1 aromatic heterocycles. The summed E-state index contributed by atoms with van der Waals surface area (Å²) in [5, 5.41) is 0. The second-order valence-electron chi connectivity index (χ2n) is 3.57. The summed E-state index contributed by atoms with van der Waals surface area (Å²) in [6, 6.07) is 0. The van der Waals surface area contributed by atoms with Gasteiger partial charge in [-0.1, -0.05) is 0 Å². The normalized spacial score (nSPS) is 9.84. The van der Waals surface area contributed by atoms with Gasteiger partial charge in [-0.05, 0) is 13.8 Å². The van der Waals surface area contributed by atoms with Crippen molar-refractivity contribution in [2.24, 2.45) is 0 Å². The molecule has 0 radical (unpaired) electrons. The molecule has 1 heterocycles. The third-order valence-electron chi connectivity index (χ3n) is 2.35. The molecule has 1 aromatic rings. The number of carbonyl (C=O) groups is 2. The van der Waals surface area contributed by atoms with Gasteiger partial charge >= 0.3 is 11.9 Å². The van der Waals surface area contributed by atoms with Gasteiger partial charge in [-0.3, -0.25) is 9.78 Å². The number of esters is 2. The van der Waals surface area contributed by atoms with Crippen molar-refractivity contribution in [1.82, 2.24) is 9.97 Å². The lowest BCUT2D eigenvalue weighted by Gasteiger charge is -2.20. The van der Waals surface area contributed by atoms with E-state index < -0.39 is 5.97 Å². The second kappa shape index (κ2) is 7.30. The Balaban J connectivity index is 2.86. The molecule has 7 heteroatoms. The number of ether oxygens (including phenoxy) is 2. The van der Waals surface area contributed by atoms with Gasteiger partial charge in [-0.2, -0.15) is 0 Å². The van der Waals surface area contributed by atoms with Crippen LogP contribution in [0.4, 0.5) is 5.82 Å². The van der Waals surface area contributed by atoms with Gasteiger partial charge in [0.2, 0.25) is 0 Å². The van der Waals surface area contributed by atoms with Crippen molar-refractivity contribution in [2.45, 2.75) is 13.8 Å². The predicted molar refractivity (Wildman–Crippen MR) is 67.9 cm³/mol. The van der Waals surface area contributed by atoms with Crippen molar-refractivity contribution in [3.63, 3.8) is 0 Å². The second-order valence-corrected chi connectivity index (χ2v) is 3.57. The van der Waals surface area contributed by atoms with Crippen LogP contribution in [0.1, 0.15) is 24.3 Å². The molecule has 0 amide bonds. The highest BCUT2D eigenvalue weighted by molar-refractivity contribution is 5.87. The summed E-state index contributed by atoms with van der Waals surface area (Å²) in [6.07, 6.45) is 2.79. The molecule has 0 saturated heterocycles. The number of carbonyl (C=O) groups excluding carboxylic acids is 2. The molecule has 0 spiro atoms. The summed E-state index contributed by atoms with van der Waals surface area (Å²) in [4.78, 5) is 32.5. The molecule has 104 valence electrons. The minimum absolute atomic E-state index is 0.0592. The number of hydrogen-bond acceptors (Lipinski definition) is 7. The largest absolute Gasteiger partial charge is 0.465 e. The Hall–Kier alpha value is -2.18. The maximum atomic E-state index is 11.5. The molecule has 0 aliphatic rings. The monoisotopic (exact) mass is 267 g/mol. The number of methoxy groups -OCH3 is 1. The zero-order valence-corrected chi connectivity index (χ0v) is 11.3. The number of nitrogens with zero attached hydrogens (tertiary/aromatic N) is 3. The van der Waals surface area contributed by atoms with Crippen LogP contribution in [0.3, 0.4) is 0 Å². The van der Waals surface area contributed by atoms with Crippen LogP contribution in [-0.4, -0.2) is 48.7 Å². The van der Waals surface area contributed by atoms with E-state index >= 15 is 0 Å². The fourth-order valence-electron chi connectivity index (χ4n) is 1.43. The Morgan fingerprint density at radius 1 is 1.32 bits per heavy atom. The van der Waals surface area contributed by atoms with Crippen LogP contribution in [0.5, 0.6) is 0 Å². The zero-order chi connectivity index (χ0) is 14.3. The van der Waals surface area contributed by atoms with Gasteiger partial charge in [0.05, 0.1) is 26.1 Å². The summed E-state index contributed by atoms with van der Waals surface area (Å²) in [5.74, 6) is -0.491. The molecule has 0 aliphatic carbocycles. The van der Waals surface area contributed by atoms with E-state index in [0.29, 0.717) is 19.0 Å². The maximum absolute atomic E-state index is 11.5. The number of aromatic nitrogens is 2. The number of likely N-dealkylation sites (N-methyl/N-ethyl adjacent to an activating group) is 1. The first-order valence-corrected chi connectivity index (χ1v) is 5.93.